The number of nitrogens with one attached hydrogen (secondary N) is 3. The molecular formula is C22H28N4O3. The number of rotatable bonds is 8. The average molecular weight is 396 g/mol. The van der Waals surface area contributed by atoms with E-state index in [-0.39, 0.29) is 18.4 Å². The molecule has 3 N–H and O–H groups in total. The molecule has 1 aliphatic heterocycles. The van der Waals surface area contributed by atoms with Crippen molar-refractivity contribution in [2.75, 3.05) is 25.0 Å². The third-order valence-corrected chi connectivity index (χ3v) is 5.13. The number of hydrogen-bond donors (Lipinski definition) is 3. The van der Waals surface area contributed by atoms with Gasteiger partial charge in [-0.15, -0.1) is 0 Å². The van der Waals surface area contributed by atoms with Gasteiger partial charge in [-0.05, 0) is 49.6 Å². The monoisotopic (exact) mass is 396 g/mol. The smallest absolute Gasteiger partial charge is 0.263 e. The number of Topliss-reactive ketones (excluding diaryl/α,β-unsaturated/α-hetero) is 1. The van der Waals surface area contributed by atoms with Crippen molar-refractivity contribution in [1.29, 1.82) is 0 Å². The van der Waals surface area contributed by atoms with E-state index in [1.807, 2.05) is 30.3 Å². The molecule has 2 aliphatic rings. The van der Waals surface area contributed by atoms with Crippen LogP contribution in [0.1, 0.15) is 32.1 Å². The number of hydrazine groups is 1. The Kier molecular flexibility index (Phi) is 7.58. The SMILES string of the molecule is O=C1CCCC(CCNNC(=O)C2=CC=CN(CC(=O)Nc3ccccc3)C2)C1. The number of amides is 2. The molecule has 0 radical (unpaired) electrons. The summed E-state index contributed by atoms with van der Waals surface area (Å²) >= 11 is 0. The van der Waals surface area contributed by atoms with E-state index >= 15 is 0 Å². The number of carbonyl (C=O) groups is 3. The van der Waals surface area contributed by atoms with Gasteiger partial charge in [0.05, 0.1) is 6.54 Å². The summed E-state index contributed by atoms with van der Waals surface area (Å²) < 4.78 is 0. The Balaban J connectivity index is 1.36. The van der Waals surface area contributed by atoms with Crippen LogP contribution in [0.3, 0.4) is 0 Å². The molecule has 29 heavy (non-hydrogen) atoms. The van der Waals surface area contributed by atoms with Crippen molar-refractivity contribution in [3.63, 3.8) is 0 Å². The van der Waals surface area contributed by atoms with Crippen LogP contribution in [0.5, 0.6) is 0 Å². The van der Waals surface area contributed by atoms with E-state index in [4.69, 9.17) is 0 Å². The molecule has 1 aromatic carbocycles. The molecule has 1 aromatic rings. The van der Waals surface area contributed by atoms with Gasteiger partial charge in [-0.2, -0.15) is 0 Å². The van der Waals surface area contributed by atoms with Crippen LogP contribution >= 0.6 is 0 Å². The van der Waals surface area contributed by atoms with Gasteiger partial charge in [0.25, 0.3) is 5.91 Å². The summed E-state index contributed by atoms with van der Waals surface area (Å²) in [4.78, 5) is 37.9. The minimum atomic E-state index is -0.206. The molecule has 0 aromatic heterocycles. The summed E-state index contributed by atoms with van der Waals surface area (Å²) in [5.41, 5.74) is 7.00. The van der Waals surface area contributed by atoms with Crippen molar-refractivity contribution >= 4 is 23.3 Å². The summed E-state index contributed by atoms with van der Waals surface area (Å²) in [6.07, 6.45) is 9.61. The summed E-state index contributed by atoms with van der Waals surface area (Å²) in [5, 5.41) is 2.84. The zero-order valence-electron chi connectivity index (χ0n) is 16.5. The molecule has 1 fully saturated rings. The van der Waals surface area contributed by atoms with Crippen LogP contribution in [0.15, 0.2) is 54.3 Å². The lowest BCUT2D eigenvalue weighted by Crippen LogP contribution is -2.42. The van der Waals surface area contributed by atoms with Crippen molar-refractivity contribution in [1.82, 2.24) is 15.8 Å². The maximum absolute atomic E-state index is 12.4. The number of para-hydroxylation sites is 1. The fraction of sp³-hybridized carbons (Fsp3) is 0.409. The van der Waals surface area contributed by atoms with Crippen molar-refractivity contribution in [2.45, 2.75) is 32.1 Å². The van der Waals surface area contributed by atoms with Crippen molar-refractivity contribution in [2.24, 2.45) is 5.92 Å². The maximum atomic E-state index is 12.4. The van der Waals surface area contributed by atoms with E-state index in [0.29, 0.717) is 43.2 Å². The standard InChI is InChI=1S/C22H28N4O3/c27-20-10-4-6-17(14-20)11-12-23-25-22(29)18-7-5-13-26(15-18)16-21(28)24-19-8-2-1-3-9-19/h1-3,5,7-9,13,17,23H,4,6,10-12,14-16H2,(H,24,28)(H,25,29). The Morgan fingerprint density at radius 1 is 1.17 bits per heavy atom. The van der Waals surface area contributed by atoms with Crippen LogP contribution in [-0.4, -0.2) is 42.1 Å². The van der Waals surface area contributed by atoms with Gasteiger partial charge < -0.3 is 10.2 Å². The first-order chi connectivity index (χ1) is 14.1. The van der Waals surface area contributed by atoms with Gasteiger partial charge >= 0.3 is 0 Å². The molecule has 154 valence electrons. The predicted molar refractivity (Wildman–Crippen MR) is 112 cm³/mol. The number of allylic oxidation sites excluding steroid dienone is 2. The van der Waals surface area contributed by atoms with Gasteiger partial charge in [-0.25, -0.2) is 5.43 Å². The second-order valence-corrected chi connectivity index (χ2v) is 7.52. The van der Waals surface area contributed by atoms with Gasteiger partial charge in [0, 0.05) is 37.2 Å². The molecule has 0 spiro atoms. The summed E-state index contributed by atoms with van der Waals surface area (Å²) in [5.74, 6) is 0.419. The van der Waals surface area contributed by atoms with E-state index in [1.54, 1.807) is 23.3 Å². The first-order valence-corrected chi connectivity index (χ1v) is 10.1. The molecule has 1 saturated carbocycles. The molecule has 7 heteroatoms. The van der Waals surface area contributed by atoms with Crippen LogP contribution in [0.4, 0.5) is 5.69 Å². The third-order valence-electron chi connectivity index (χ3n) is 5.13. The van der Waals surface area contributed by atoms with E-state index in [0.717, 1.165) is 24.9 Å². The summed E-state index contributed by atoms with van der Waals surface area (Å²) in [6, 6.07) is 9.28. The highest BCUT2D eigenvalue weighted by molar-refractivity contribution is 5.95. The van der Waals surface area contributed by atoms with Crippen LogP contribution in [0, 0.1) is 5.92 Å². The van der Waals surface area contributed by atoms with Crippen molar-refractivity contribution in [3.8, 4) is 0 Å². The summed E-state index contributed by atoms with van der Waals surface area (Å²) in [7, 11) is 0. The molecule has 0 bridgehead atoms. The molecule has 7 nitrogen and oxygen atoms in total. The van der Waals surface area contributed by atoms with E-state index < -0.39 is 0 Å². The lowest BCUT2D eigenvalue weighted by Gasteiger charge is -2.24. The molecule has 3 rings (SSSR count). The number of nitrogens with zero attached hydrogens (tertiary/aromatic N) is 1. The lowest BCUT2D eigenvalue weighted by atomic mass is 9.86. The quantitative estimate of drug-likeness (QED) is 0.463. The first-order valence-electron chi connectivity index (χ1n) is 10.1. The Morgan fingerprint density at radius 3 is 2.79 bits per heavy atom. The Labute approximate surface area is 171 Å². The average Bonchev–Trinajstić information content (AvgIpc) is 2.72. The highest BCUT2D eigenvalue weighted by Crippen LogP contribution is 2.23. The normalized spacial score (nSPS) is 18.9. The second-order valence-electron chi connectivity index (χ2n) is 7.52. The van der Waals surface area contributed by atoms with Crippen LogP contribution in [0.25, 0.3) is 0 Å². The molecule has 0 saturated heterocycles. The highest BCUT2D eigenvalue weighted by Gasteiger charge is 2.19. The minimum absolute atomic E-state index is 0.136. The number of carbonyl (C=O) groups excluding carboxylic acids is 3. The molecular weight excluding hydrogens is 368 g/mol. The van der Waals surface area contributed by atoms with E-state index in [2.05, 4.69) is 16.2 Å². The topological polar surface area (TPSA) is 90.5 Å². The fourth-order valence-electron chi connectivity index (χ4n) is 3.63. The second kappa shape index (κ2) is 10.6. The predicted octanol–water partition coefficient (Wildman–Crippen LogP) is 2.15. The van der Waals surface area contributed by atoms with Crippen LogP contribution in [-0.2, 0) is 14.4 Å². The van der Waals surface area contributed by atoms with Crippen molar-refractivity contribution in [3.05, 3.63) is 54.3 Å². The zero-order chi connectivity index (χ0) is 20.5. The number of ketones is 1. The molecule has 2 amide bonds. The third kappa shape index (κ3) is 6.87. The lowest BCUT2D eigenvalue weighted by molar-refractivity contribution is -0.122. The maximum Gasteiger partial charge on any atom is 0.263 e. The number of hydrogen-bond acceptors (Lipinski definition) is 5. The number of anilines is 1. The molecule has 1 heterocycles. The van der Waals surface area contributed by atoms with Gasteiger partial charge in [0.1, 0.15) is 5.78 Å². The summed E-state index contributed by atoms with van der Waals surface area (Å²) in [6.45, 7) is 1.17. The van der Waals surface area contributed by atoms with Crippen molar-refractivity contribution < 1.29 is 14.4 Å². The highest BCUT2D eigenvalue weighted by atomic mass is 16.2. The van der Waals surface area contributed by atoms with Crippen LogP contribution < -0.4 is 16.2 Å². The Bertz CT molecular complexity index is 789. The van der Waals surface area contributed by atoms with E-state index in [1.165, 1.54) is 0 Å². The molecule has 1 atom stereocenters. The minimum Gasteiger partial charge on any atom is -0.364 e. The Hall–Kier alpha value is -2.93. The molecule has 1 aliphatic carbocycles. The van der Waals surface area contributed by atoms with Gasteiger partial charge in [0.15, 0.2) is 0 Å². The van der Waals surface area contributed by atoms with Gasteiger partial charge in [0.2, 0.25) is 5.91 Å². The van der Waals surface area contributed by atoms with E-state index in [9.17, 15) is 14.4 Å². The van der Waals surface area contributed by atoms with Gasteiger partial charge in [-0.1, -0.05) is 24.3 Å². The largest absolute Gasteiger partial charge is 0.364 e. The first kappa shape index (κ1) is 20.8. The Morgan fingerprint density at radius 2 is 2.00 bits per heavy atom. The zero-order valence-corrected chi connectivity index (χ0v) is 16.5. The van der Waals surface area contributed by atoms with Crippen LogP contribution in [0.2, 0.25) is 0 Å². The number of benzene rings is 1. The fourth-order valence-corrected chi connectivity index (χ4v) is 3.63. The van der Waals surface area contributed by atoms with Gasteiger partial charge in [-0.3, -0.25) is 19.8 Å². The molecule has 1 unspecified atom stereocenters.